The van der Waals surface area contributed by atoms with Crippen LogP contribution < -0.4 is 10.8 Å². The molecule has 3 fully saturated rings. The van der Waals surface area contributed by atoms with Gasteiger partial charge in [-0.25, -0.2) is 0 Å². The predicted octanol–water partition coefficient (Wildman–Crippen LogP) is 0.785. The van der Waals surface area contributed by atoms with Crippen molar-refractivity contribution in [3.63, 3.8) is 0 Å². The van der Waals surface area contributed by atoms with Crippen molar-refractivity contribution >= 4 is 11.8 Å². The number of hydroxylamine groups is 1. The second-order valence-electron chi connectivity index (χ2n) is 9.87. The Morgan fingerprint density at radius 2 is 1.74 bits per heavy atom. The molecule has 0 saturated carbocycles. The van der Waals surface area contributed by atoms with Crippen LogP contribution in [0.15, 0.2) is 0 Å². The summed E-state index contributed by atoms with van der Waals surface area (Å²) in [5.74, 6) is 0. The number of aliphatic hydroxyl groups excluding tert-OH is 2. The molecule has 0 radical (unpaired) electrons. The van der Waals surface area contributed by atoms with E-state index in [2.05, 4.69) is 24.6 Å². The van der Waals surface area contributed by atoms with Crippen LogP contribution in [0.5, 0.6) is 0 Å². The Balaban J connectivity index is 1.55. The van der Waals surface area contributed by atoms with Crippen LogP contribution >= 0.6 is 11.8 Å². The molecule has 12 atom stereocenters. The molecular formula is C23H44N2O8S. The molecule has 0 amide bonds. The van der Waals surface area contributed by atoms with Crippen molar-refractivity contribution in [2.24, 2.45) is 0 Å². The summed E-state index contributed by atoms with van der Waals surface area (Å²) in [6, 6.07) is -0.154. The van der Waals surface area contributed by atoms with E-state index in [0.717, 1.165) is 0 Å². The number of hydrogen-bond donors (Lipinski definition) is 4. The number of hydrogen-bond acceptors (Lipinski definition) is 11. The van der Waals surface area contributed by atoms with Gasteiger partial charge >= 0.3 is 0 Å². The predicted molar refractivity (Wildman–Crippen MR) is 128 cm³/mol. The summed E-state index contributed by atoms with van der Waals surface area (Å²) >= 11 is 1.58. The average molecular weight is 509 g/mol. The molecular weight excluding hydrogens is 464 g/mol. The highest BCUT2D eigenvalue weighted by molar-refractivity contribution is 7.99. The lowest BCUT2D eigenvalue weighted by atomic mass is 9.94. The maximum atomic E-state index is 11.2. The molecule has 1 unspecified atom stereocenters. The van der Waals surface area contributed by atoms with E-state index in [9.17, 15) is 10.2 Å². The van der Waals surface area contributed by atoms with E-state index in [1.165, 1.54) is 0 Å². The Morgan fingerprint density at radius 1 is 1.00 bits per heavy atom. The topological polar surface area (TPSA) is 120 Å². The average Bonchev–Trinajstić information content (AvgIpc) is 2.76. The molecule has 200 valence electrons. The van der Waals surface area contributed by atoms with Gasteiger partial charge in [0.1, 0.15) is 12.2 Å². The first kappa shape index (κ1) is 28.5. The minimum atomic E-state index is -0.903. The van der Waals surface area contributed by atoms with Crippen LogP contribution in [0.25, 0.3) is 0 Å². The third kappa shape index (κ3) is 7.04. The van der Waals surface area contributed by atoms with Crippen LogP contribution in [0.2, 0.25) is 0 Å². The van der Waals surface area contributed by atoms with Gasteiger partial charge in [-0.1, -0.05) is 13.8 Å². The van der Waals surface area contributed by atoms with E-state index in [-0.39, 0.29) is 35.7 Å². The normalized spacial score (nSPS) is 46.1. The molecule has 10 nitrogen and oxygen atoms in total. The molecule has 3 aliphatic rings. The van der Waals surface area contributed by atoms with Crippen molar-refractivity contribution in [2.75, 3.05) is 20.0 Å². The van der Waals surface area contributed by atoms with Crippen LogP contribution in [-0.2, 0) is 28.5 Å². The van der Waals surface area contributed by atoms with Gasteiger partial charge in [0.15, 0.2) is 12.6 Å². The van der Waals surface area contributed by atoms with E-state index in [1.807, 2.05) is 27.0 Å². The Morgan fingerprint density at radius 3 is 2.35 bits per heavy atom. The van der Waals surface area contributed by atoms with Crippen LogP contribution in [0.3, 0.4) is 0 Å². The van der Waals surface area contributed by atoms with E-state index >= 15 is 0 Å². The molecule has 0 bridgehead atoms. The van der Waals surface area contributed by atoms with Gasteiger partial charge in [-0.05, 0) is 27.0 Å². The van der Waals surface area contributed by atoms with Crippen LogP contribution in [0, 0.1) is 0 Å². The van der Waals surface area contributed by atoms with E-state index in [0.29, 0.717) is 25.5 Å². The van der Waals surface area contributed by atoms with Gasteiger partial charge in [-0.3, -0.25) is 4.84 Å². The zero-order chi connectivity index (χ0) is 25.0. The number of rotatable bonds is 9. The second kappa shape index (κ2) is 13.0. The van der Waals surface area contributed by atoms with Gasteiger partial charge in [-0.15, -0.1) is 0 Å². The highest BCUT2D eigenvalue weighted by atomic mass is 32.2. The fourth-order valence-corrected chi connectivity index (χ4v) is 5.94. The molecule has 0 spiro atoms. The first-order valence-electron chi connectivity index (χ1n) is 12.3. The van der Waals surface area contributed by atoms with Crippen molar-refractivity contribution < 1.29 is 38.7 Å². The summed E-state index contributed by atoms with van der Waals surface area (Å²) < 4.78 is 29.8. The zero-order valence-corrected chi connectivity index (χ0v) is 22.2. The van der Waals surface area contributed by atoms with Crippen LogP contribution in [0.1, 0.15) is 47.5 Å². The Hall–Kier alpha value is -0.0500. The van der Waals surface area contributed by atoms with Crippen molar-refractivity contribution in [3.05, 3.63) is 0 Å². The molecule has 0 aromatic rings. The van der Waals surface area contributed by atoms with Crippen molar-refractivity contribution in [1.29, 1.82) is 0 Å². The zero-order valence-electron chi connectivity index (χ0n) is 21.4. The molecule has 0 aromatic heterocycles. The SMILES string of the molecule is CO[C@H]1C[C@@H](O[C@H]2[C@@H](O)[C@H](NOC3C[C@H](O)[C@H](SC)[C@@H](C)O3)[C@@H](C)O[C@H]2C)OC[C@@H]1NC(C)C. The van der Waals surface area contributed by atoms with Crippen molar-refractivity contribution in [3.8, 4) is 0 Å². The molecule has 3 heterocycles. The summed E-state index contributed by atoms with van der Waals surface area (Å²) in [7, 11) is 1.69. The van der Waals surface area contributed by atoms with Gasteiger partial charge in [0.25, 0.3) is 0 Å². The Labute approximate surface area is 207 Å². The highest BCUT2D eigenvalue weighted by Crippen LogP contribution is 2.30. The first-order chi connectivity index (χ1) is 16.1. The molecule has 3 aliphatic heterocycles. The molecule has 0 aromatic carbocycles. The third-order valence-electron chi connectivity index (χ3n) is 6.85. The third-order valence-corrected chi connectivity index (χ3v) is 8.09. The summed E-state index contributed by atoms with van der Waals surface area (Å²) in [5, 5.41) is 25.0. The number of thioether (sulfide) groups is 1. The maximum absolute atomic E-state index is 11.2. The molecule has 3 rings (SSSR count). The lowest BCUT2D eigenvalue weighted by molar-refractivity contribution is -0.292. The summed E-state index contributed by atoms with van der Waals surface area (Å²) in [6.45, 7) is 10.3. The monoisotopic (exact) mass is 508 g/mol. The molecule has 34 heavy (non-hydrogen) atoms. The molecule has 4 N–H and O–H groups in total. The number of ether oxygens (including phenoxy) is 5. The molecule has 0 aliphatic carbocycles. The van der Waals surface area contributed by atoms with Gasteiger partial charge in [-0.2, -0.15) is 17.2 Å². The van der Waals surface area contributed by atoms with Gasteiger partial charge in [0.2, 0.25) is 0 Å². The second-order valence-corrected chi connectivity index (χ2v) is 10.9. The van der Waals surface area contributed by atoms with Gasteiger partial charge < -0.3 is 39.2 Å². The van der Waals surface area contributed by atoms with Crippen LogP contribution in [0.4, 0.5) is 0 Å². The minimum absolute atomic E-state index is 0.00256. The van der Waals surface area contributed by atoms with E-state index < -0.39 is 36.9 Å². The van der Waals surface area contributed by atoms with Crippen molar-refractivity contribution in [1.82, 2.24) is 10.8 Å². The Bertz CT molecular complexity index is 608. The van der Waals surface area contributed by atoms with Gasteiger partial charge in [0, 0.05) is 26.0 Å². The lowest BCUT2D eigenvalue weighted by Crippen LogP contribution is -2.63. The number of aliphatic hydroxyl groups is 2. The molecule has 11 heteroatoms. The minimum Gasteiger partial charge on any atom is -0.392 e. The van der Waals surface area contributed by atoms with E-state index in [4.69, 9.17) is 28.5 Å². The smallest absolute Gasteiger partial charge is 0.180 e. The maximum Gasteiger partial charge on any atom is 0.180 e. The fourth-order valence-electron chi connectivity index (χ4n) is 5.07. The number of nitrogens with one attached hydrogen (secondary N) is 2. The first-order valence-corrected chi connectivity index (χ1v) is 13.6. The van der Waals surface area contributed by atoms with Crippen LogP contribution in [-0.4, -0.2) is 109 Å². The summed E-state index contributed by atoms with van der Waals surface area (Å²) in [6.07, 6.45) is -1.22. The standard InChI is InChI=1S/C23H44N2O8S/c1-11(2)24-15-10-29-18(9-17(15)28-6)32-22-13(4)30-12(3)20(21(22)27)25-33-19-8-16(26)23(34-7)14(5)31-19/h11-27H,8-10H2,1-7H3/t12-,13+,14-,15+,16+,17+,18-,19?,20-,21+,22-,23-/m1/s1. The fraction of sp³-hybridized carbons (Fsp3) is 1.00. The largest absolute Gasteiger partial charge is 0.392 e. The quantitative estimate of drug-likeness (QED) is 0.331. The molecule has 3 saturated heterocycles. The summed E-state index contributed by atoms with van der Waals surface area (Å²) in [4.78, 5) is 5.76. The summed E-state index contributed by atoms with van der Waals surface area (Å²) in [5.41, 5.74) is 2.93. The number of methoxy groups -OCH3 is 1. The van der Waals surface area contributed by atoms with Crippen molar-refractivity contribution in [2.45, 2.75) is 126 Å². The van der Waals surface area contributed by atoms with Gasteiger partial charge in [0.05, 0.1) is 54.5 Å². The van der Waals surface area contributed by atoms with E-state index in [1.54, 1.807) is 18.9 Å². The Kier molecular flexibility index (Phi) is 10.9. The highest BCUT2D eigenvalue weighted by Gasteiger charge is 2.46. The lowest BCUT2D eigenvalue weighted by Gasteiger charge is -2.45.